The molecule has 0 saturated carbocycles. The lowest BCUT2D eigenvalue weighted by Gasteiger charge is -2.06. The van der Waals surface area contributed by atoms with Gasteiger partial charge in [0.15, 0.2) is 11.7 Å². The molecule has 23 heavy (non-hydrogen) atoms. The highest BCUT2D eigenvalue weighted by Crippen LogP contribution is 2.26. The van der Waals surface area contributed by atoms with Crippen LogP contribution in [0.5, 0.6) is 0 Å². The van der Waals surface area contributed by atoms with Crippen LogP contribution < -0.4 is 17.2 Å². The molecule has 2 rings (SSSR count). The zero-order valence-electron chi connectivity index (χ0n) is 11.9. The smallest absolute Gasteiger partial charge is 0.223 e. The second kappa shape index (κ2) is 8.17. The van der Waals surface area contributed by atoms with E-state index in [4.69, 9.17) is 28.8 Å². The van der Waals surface area contributed by atoms with Crippen LogP contribution in [0.2, 0.25) is 5.02 Å². The summed E-state index contributed by atoms with van der Waals surface area (Å²) in [5, 5.41) is 0.415. The Hall–Kier alpha value is -2.57. The Balaban J connectivity index is 0.00000264. The molecule has 0 fully saturated rings. The van der Waals surface area contributed by atoms with Crippen molar-refractivity contribution in [3.05, 3.63) is 64.7 Å². The first-order valence-electron chi connectivity index (χ1n) is 6.30. The number of ketones is 1. The van der Waals surface area contributed by atoms with Gasteiger partial charge >= 0.3 is 0 Å². The van der Waals surface area contributed by atoms with Crippen LogP contribution in [-0.4, -0.2) is 17.7 Å². The maximum atomic E-state index is 12.6. The Morgan fingerprint density at radius 3 is 2.26 bits per heavy atom. The van der Waals surface area contributed by atoms with Crippen LogP contribution in [0.25, 0.3) is 0 Å². The number of aliphatic imine (C=N–C) groups is 2. The number of rotatable bonds is 3. The first-order valence-corrected chi connectivity index (χ1v) is 6.68. The average Bonchev–Trinajstić information content (AvgIpc) is 2.48. The summed E-state index contributed by atoms with van der Waals surface area (Å²) < 4.78 is 0. The second-order valence-corrected chi connectivity index (χ2v) is 4.80. The Morgan fingerprint density at radius 1 is 1.00 bits per heavy atom. The number of nitrogens with two attached hydrogens (primary N) is 3. The minimum absolute atomic E-state index is 0. The zero-order chi connectivity index (χ0) is 16.1. The first-order chi connectivity index (χ1) is 10.5. The lowest BCUT2D eigenvalue weighted by atomic mass is 10.0. The molecule has 6 nitrogen and oxygen atoms in total. The number of carbonyl (C=O) groups excluding carboxylic acids is 1. The molecule has 0 aliphatic heterocycles. The van der Waals surface area contributed by atoms with E-state index in [2.05, 4.69) is 9.98 Å². The number of nitrogens with zero attached hydrogens (tertiary/aromatic N) is 2. The van der Waals surface area contributed by atoms with E-state index in [0.717, 1.165) is 0 Å². The molecule has 0 heterocycles. The van der Waals surface area contributed by atoms with Gasteiger partial charge in [-0.25, -0.2) is 4.99 Å². The molecule has 0 aromatic heterocycles. The van der Waals surface area contributed by atoms with Gasteiger partial charge in [0.2, 0.25) is 5.96 Å². The zero-order valence-corrected chi connectivity index (χ0v) is 13.5. The van der Waals surface area contributed by atoms with Gasteiger partial charge in [-0.2, -0.15) is 4.99 Å². The molecule has 0 bridgehead atoms. The Kier molecular flexibility index (Phi) is 6.56. The van der Waals surface area contributed by atoms with Gasteiger partial charge in [0, 0.05) is 16.1 Å². The summed E-state index contributed by atoms with van der Waals surface area (Å²) in [5.41, 5.74) is 17.3. The van der Waals surface area contributed by atoms with Crippen molar-refractivity contribution in [2.24, 2.45) is 27.2 Å². The van der Waals surface area contributed by atoms with Gasteiger partial charge in [0.25, 0.3) is 0 Å². The third-order valence-corrected chi connectivity index (χ3v) is 2.95. The van der Waals surface area contributed by atoms with Crippen LogP contribution in [0.15, 0.2) is 58.5 Å². The average molecular weight is 352 g/mol. The van der Waals surface area contributed by atoms with Crippen LogP contribution >= 0.6 is 24.0 Å². The summed E-state index contributed by atoms with van der Waals surface area (Å²) >= 11 is 5.97. The monoisotopic (exact) mass is 351 g/mol. The molecule has 120 valence electrons. The van der Waals surface area contributed by atoms with Crippen molar-refractivity contribution in [1.29, 1.82) is 0 Å². The standard InChI is InChI=1S/C15H14ClN5O.ClH/c16-10-6-7-12(20-15(19)21-14(17)18)11(8-10)13(22)9-4-2-1-3-5-9;/h1-8H,(H6,17,18,19,20,21);1H. The maximum Gasteiger partial charge on any atom is 0.223 e. The molecular formula is C15H15Cl2N5O. The number of halogens is 2. The highest BCUT2D eigenvalue weighted by molar-refractivity contribution is 6.31. The van der Waals surface area contributed by atoms with Gasteiger partial charge in [0.1, 0.15) is 0 Å². The van der Waals surface area contributed by atoms with Crippen molar-refractivity contribution < 1.29 is 4.79 Å². The van der Waals surface area contributed by atoms with E-state index in [0.29, 0.717) is 21.8 Å². The molecule has 0 atom stereocenters. The summed E-state index contributed by atoms with van der Waals surface area (Å²) in [4.78, 5) is 20.2. The predicted molar refractivity (Wildman–Crippen MR) is 95.7 cm³/mol. The first kappa shape index (κ1) is 18.5. The molecule has 0 aliphatic carbocycles. The van der Waals surface area contributed by atoms with Gasteiger partial charge in [0.05, 0.1) is 5.69 Å². The number of hydrogen-bond donors (Lipinski definition) is 3. The fraction of sp³-hybridized carbons (Fsp3) is 0. The summed E-state index contributed by atoms with van der Waals surface area (Å²) in [6.45, 7) is 0. The molecule has 2 aromatic rings. The van der Waals surface area contributed by atoms with Crippen molar-refractivity contribution in [3.8, 4) is 0 Å². The van der Waals surface area contributed by atoms with E-state index in [-0.39, 0.29) is 30.1 Å². The number of benzene rings is 2. The summed E-state index contributed by atoms with van der Waals surface area (Å²) in [5.74, 6) is -0.588. The fourth-order valence-electron chi connectivity index (χ4n) is 1.81. The van der Waals surface area contributed by atoms with E-state index in [1.165, 1.54) is 6.07 Å². The minimum Gasteiger partial charge on any atom is -0.370 e. The van der Waals surface area contributed by atoms with Gasteiger partial charge in [-0.15, -0.1) is 12.4 Å². The van der Waals surface area contributed by atoms with Crippen LogP contribution in [0, 0.1) is 0 Å². The summed E-state index contributed by atoms with van der Waals surface area (Å²) in [6, 6.07) is 13.5. The predicted octanol–water partition coefficient (Wildman–Crippen LogP) is 2.21. The lowest BCUT2D eigenvalue weighted by Crippen LogP contribution is -2.26. The molecule has 2 aromatic carbocycles. The van der Waals surface area contributed by atoms with E-state index in [1.54, 1.807) is 36.4 Å². The molecule has 0 unspecified atom stereocenters. The molecule has 8 heteroatoms. The Labute approximate surface area is 144 Å². The van der Waals surface area contributed by atoms with Crippen molar-refractivity contribution >= 4 is 47.4 Å². The molecule has 0 saturated heterocycles. The normalized spacial score (nSPS) is 10.6. The van der Waals surface area contributed by atoms with E-state index < -0.39 is 0 Å². The molecular weight excluding hydrogens is 337 g/mol. The highest BCUT2D eigenvalue weighted by Gasteiger charge is 2.14. The van der Waals surface area contributed by atoms with E-state index >= 15 is 0 Å². The van der Waals surface area contributed by atoms with E-state index in [1.807, 2.05) is 6.07 Å². The van der Waals surface area contributed by atoms with Crippen molar-refractivity contribution in [2.75, 3.05) is 0 Å². The van der Waals surface area contributed by atoms with Crippen LogP contribution in [0.3, 0.4) is 0 Å². The van der Waals surface area contributed by atoms with Gasteiger partial charge < -0.3 is 17.2 Å². The molecule has 6 N–H and O–H groups in total. The summed E-state index contributed by atoms with van der Waals surface area (Å²) in [6.07, 6.45) is 0. The SMILES string of the molecule is Cl.NC(N)=NC(N)=Nc1ccc(Cl)cc1C(=O)c1ccccc1. The number of guanidine groups is 2. The molecule has 0 aliphatic rings. The van der Waals surface area contributed by atoms with E-state index in [9.17, 15) is 4.79 Å². The third-order valence-electron chi connectivity index (χ3n) is 2.72. The maximum absolute atomic E-state index is 12.6. The highest BCUT2D eigenvalue weighted by atomic mass is 35.5. The summed E-state index contributed by atoms with van der Waals surface area (Å²) in [7, 11) is 0. The van der Waals surface area contributed by atoms with Crippen molar-refractivity contribution in [3.63, 3.8) is 0 Å². The Morgan fingerprint density at radius 2 is 1.65 bits per heavy atom. The van der Waals surface area contributed by atoms with Crippen LogP contribution in [0.4, 0.5) is 5.69 Å². The number of carbonyl (C=O) groups is 1. The quantitative estimate of drug-likeness (QED) is 0.446. The minimum atomic E-state index is -0.223. The van der Waals surface area contributed by atoms with Crippen molar-refractivity contribution in [1.82, 2.24) is 0 Å². The molecule has 0 radical (unpaired) electrons. The van der Waals surface area contributed by atoms with Gasteiger partial charge in [-0.1, -0.05) is 41.9 Å². The van der Waals surface area contributed by atoms with Gasteiger partial charge in [-0.3, -0.25) is 4.79 Å². The topological polar surface area (TPSA) is 120 Å². The largest absolute Gasteiger partial charge is 0.370 e. The second-order valence-electron chi connectivity index (χ2n) is 4.36. The van der Waals surface area contributed by atoms with Crippen LogP contribution in [0.1, 0.15) is 15.9 Å². The number of hydrogen-bond acceptors (Lipinski definition) is 2. The Bertz CT molecular complexity index is 756. The van der Waals surface area contributed by atoms with Crippen molar-refractivity contribution in [2.45, 2.75) is 0 Å². The van der Waals surface area contributed by atoms with Gasteiger partial charge in [-0.05, 0) is 18.2 Å². The molecule has 0 spiro atoms. The third kappa shape index (κ3) is 4.98. The van der Waals surface area contributed by atoms with Crippen LogP contribution in [-0.2, 0) is 0 Å². The fourth-order valence-corrected chi connectivity index (χ4v) is 1.99. The molecule has 0 amide bonds. The lowest BCUT2D eigenvalue weighted by molar-refractivity contribution is 0.103.